The maximum atomic E-state index is 5.95. The number of aromatic nitrogens is 4. The van der Waals surface area contributed by atoms with E-state index in [1.807, 2.05) is 22.8 Å². The van der Waals surface area contributed by atoms with E-state index in [0.717, 1.165) is 28.6 Å². The Labute approximate surface area is 118 Å². The molecule has 5 nitrogen and oxygen atoms in total. The van der Waals surface area contributed by atoms with E-state index in [-0.39, 0.29) is 0 Å². The van der Waals surface area contributed by atoms with Crippen LogP contribution in [0.15, 0.2) is 41.3 Å². The fraction of sp³-hybridized carbons (Fsp3) is 0.154. The highest BCUT2D eigenvalue weighted by Gasteiger charge is 2.09. The Morgan fingerprint density at radius 3 is 2.84 bits per heavy atom. The topological polar surface area (TPSA) is 69.6 Å². The molecule has 0 amide bonds. The van der Waals surface area contributed by atoms with Crippen molar-refractivity contribution in [1.82, 2.24) is 19.5 Å². The van der Waals surface area contributed by atoms with E-state index >= 15 is 0 Å². The van der Waals surface area contributed by atoms with Gasteiger partial charge >= 0.3 is 0 Å². The van der Waals surface area contributed by atoms with Crippen LogP contribution in [0, 0.1) is 0 Å². The fourth-order valence-electron chi connectivity index (χ4n) is 2.01. The predicted molar refractivity (Wildman–Crippen MR) is 77.6 cm³/mol. The Morgan fingerprint density at radius 1 is 1.26 bits per heavy atom. The van der Waals surface area contributed by atoms with Crippen molar-refractivity contribution in [1.29, 1.82) is 0 Å². The van der Waals surface area contributed by atoms with Gasteiger partial charge in [0.15, 0.2) is 5.65 Å². The van der Waals surface area contributed by atoms with E-state index in [2.05, 4.69) is 30.9 Å². The molecule has 0 saturated heterocycles. The van der Waals surface area contributed by atoms with Crippen LogP contribution in [0.2, 0.25) is 0 Å². The number of imidazole rings is 1. The standard InChI is InChI=1S/C13H12BrN5/c14-10-7-11-12(17-8-10)19(13(15)18-11)6-3-9-1-4-16-5-2-9/h1-2,4-5,7-8H,3,6H2,(H2,15,18). The van der Waals surface area contributed by atoms with E-state index in [1.54, 1.807) is 18.6 Å². The molecule has 3 heterocycles. The number of aryl methyl sites for hydroxylation is 2. The van der Waals surface area contributed by atoms with Gasteiger partial charge in [-0.15, -0.1) is 0 Å². The van der Waals surface area contributed by atoms with Crippen LogP contribution in [0.3, 0.4) is 0 Å². The molecule has 0 bridgehead atoms. The van der Waals surface area contributed by atoms with Gasteiger partial charge in [0.05, 0.1) is 0 Å². The smallest absolute Gasteiger partial charge is 0.202 e. The first-order valence-electron chi connectivity index (χ1n) is 5.90. The van der Waals surface area contributed by atoms with Crippen LogP contribution < -0.4 is 5.73 Å². The second-order valence-corrected chi connectivity index (χ2v) is 5.14. The van der Waals surface area contributed by atoms with Gasteiger partial charge in [0.25, 0.3) is 0 Å². The molecule has 0 radical (unpaired) electrons. The first kappa shape index (κ1) is 12.1. The second kappa shape index (κ2) is 4.97. The van der Waals surface area contributed by atoms with Crippen molar-refractivity contribution in [3.05, 3.63) is 46.8 Å². The zero-order valence-corrected chi connectivity index (χ0v) is 11.7. The summed E-state index contributed by atoms with van der Waals surface area (Å²) in [6.45, 7) is 0.751. The van der Waals surface area contributed by atoms with Gasteiger partial charge in [0.1, 0.15) is 5.52 Å². The van der Waals surface area contributed by atoms with Crippen LogP contribution in [-0.4, -0.2) is 19.5 Å². The number of rotatable bonds is 3. The highest BCUT2D eigenvalue weighted by Crippen LogP contribution is 2.19. The zero-order valence-electron chi connectivity index (χ0n) is 10.1. The molecule has 0 spiro atoms. The molecule has 0 aliphatic carbocycles. The lowest BCUT2D eigenvalue weighted by atomic mass is 10.2. The fourth-order valence-corrected chi connectivity index (χ4v) is 2.33. The average molecular weight is 318 g/mol. The van der Waals surface area contributed by atoms with Crippen molar-refractivity contribution in [3.63, 3.8) is 0 Å². The molecule has 0 aliphatic rings. The molecule has 3 rings (SSSR count). The molecule has 6 heteroatoms. The summed E-state index contributed by atoms with van der Waals surface area (Å²) in [6.07, 6.45) is 6.21. The Bertz CT molecular complexity index is 708. The SMILES string of the molecule is Nc1nc2cc(Br)cnc2n1CCc1ccncc1. The van der Waals surface area contributed by atoms with Crippen molar-refractivity contribution in [2.75, 3.05) is 5.73 Å². The summed E-state index contributed by atoms with van der Waals surface area (Å²) in [5.74, 6) is 0.495. The minimum absolute atomic E-state index is 0.495. The molecule has 0 saturated carbocycles. The lowest BCUT2D eigenvalue weighted by Crippen LogP contribution is -2.06. The lowest BCUT2D eigenvalue weighted by Gasteiger charge is -2.05. The molecule has 19 heavy (non-hydrogen) atoms. The number of fused-ring (bicyclic) bond motifs is 1. The summed E-state index contributed by atoms with van der Waals surface area (Å²) in [4.78, 5) is 12.7. The van der Waals surface area contributed by atoms with Crippen molar-refractivity contribution in [2.24, 2.45) is 0 Å². The Morgan fingerprint density at radius 2 is 2.05 bits per heavy atom. The number of pyridine rings is 2. The molecular weight excluding hydrogens is 306 g/mol. The molecule has 3 aromatic rings. The summed E-state index contributed by atoms with van der Waals surface area (Å²) in [5.41, 5.74) is 8.79. The van der Waals surface area contributed by atoms with Gasteiger partial charge in [-0.2, -0.15) is 0 Å². The molecule has 96 valence electrons. The van der Waals surface area contributed by atoms with Gasteiger partial charge in [-0.3, -0.25) is 9.55 Å². The molecule has 0 unspecified atom stereocenters. The van der Waals surface area contributed by atoms with Crippen LogP contribution in [0.4, 0.5) is 5.95 Å². The summed E-state index contributed by atoms with van der Waals surface area (Å²) < 4.78 is 2.83. The van der Waals surface area contributed by atoms with Gasteiger partial charge < -0.3 is 5.73 Å². The minimum atomic E-state index is 0.495. The highest BCUT2D eigenvalue weighted by molar-refractivity contribution is 9.10. The first-order valence-corrected chi connectivity index (χ1v) is 6.69. The summed E-state index contributed by atoms with van der Waals surface area (Å²) in [5, 5.41) is 0. The van der Waals surface area contributed by atoms with Gasteiger partial charge in [-0.25, -0.2) is 9.97 Å². The molecule has 0 atom stereocenters. The molecule has 0 fully saturated rings. The molecule has 0 aromatic carbocycles. The Balaban J connectivity index is 1.90. The number of nitrogen functional groups attached to an aromatic ring is 1. The van der Waals surface area contributed by atoms with Gasteiger partial charge in [-0.1, -0.05) is 0 Å². The van der Waals surface area contributed by atoms with Crippen molar-refractivity contribution in [3.8, 4) is 0 Å². The molecule has 0 aliphatic heterocycles. The summed E-state index contributed by atoms with van der Waals surface area (Å²) >= 11 is 3.38. The van der Waals surface area contributed by atoms with Crippen molar-refractivity contribution < 1.29 is 0 Å². The van der Waals surface area contributed by atoms with Crippen LogP contribution in [0.1, 0.15) is 5.56 Å². The van der Waals surface area contributed by atoms with Crippen molar-refractivity contribution in [2.45, 2.75) is 13.0 Å². The van der Waals surface area contributed by atoms with E-state index in [0.29, 0.717) is 5.95 Å². The number of anilines is 1. The van der Waals surface area contributed by atoms with Crippen LogP contribution in [0.5, 0.6) is 0 Å². The summed E-state index contributed by atoms with van der Waals surface area (Å²) in [6, 6.07) is 5.92. The van der Waals surface area contributed by atoms with Crippen molar-refractivity contribution >= 4 is 33.0 Å². The number of halogens is 1. The average Bonchev–Trinajstić information content (AvgIpc) is 2.72. The van der Waals surface area contributed by atoms with E-state index in [1.165, 1.54) is 5.56 Å². The third-order valence-corrected chi connectivity index (χ3v) is 3.39. The number of nitrogens with zero attached hydrogens (tertiary/aromatic N) is 4. The Hall–Kier alpha value is -1.95. The normalized spacial score (nSPS) is 11.0. The Kier molecular flexibility index (Phi) is 3.16. The zero-order chi connectivity index (χ0) is 13.2. The summed E-state index contributed by atoms with van der Waals surface area (Å²) in [7, 11) is 0. The monoisotopic (exact) mass is 317 g/mol. The predicted octanol–water partition coefficient (Wildman–Crippen LogP) is 2.41. The first-order chi connectivity index (χ1) is 9.24. The van der Waals surface area contributed by atoms with Crippen LogP contribution >= 0.6 is 15.9 Å². The number of hydrogen-bond acceptors (Lipinski definition) is 4. The van der Waals surface area contributed by atoms with E-state index < -0.39 is 0 Å². The largest absolute Gasteiger partial charge is 0.369 e. The van der Waals surface area contributed by atoms with Gasteiger partial charge in [0.2, 0.25) is 5.95 Å². The van der Waals surface area contributed by atoms with Crippen LogP contribution in [-0.2, 0) is 13.0 Å². The minimum Gasteiger partial charge on any atom is -0.369 e. The highest BCUT2D eigenvalue weighted by atomic mass is 79.9. The third-order valence-electron chi connectivity index (χ3n) is 2.95. The molecular formula is C13H12BrN5. The van der Waals surface area contributed by atoms with Crippen LogP contribution in [0.25, 0.3) is 11.2 Å². The number of nitrogens with two attached hydrogens (primary N) is 1. The number of hydrogen-bond donors (Lipinski definition) is 1. The van der Waals surface area contributed by atoms with Gasteiger partial charge in [-0.05, 0) is 46.1 Å². The van der Waals surface area contributed by atoms with E-state index in [4.69, 9.17) is 5.73 Å². The maximum Gasteiger partial charge on any atom is 0.202 e. The second-order valence-electron chi connectivity index (χ2n) is 4.22. The van der Waals surface area contributed by atoms with Gasteiger partial charge in [0, 0.05) is 29.6 Å². The quantitative estimate of drug-likeness (QED) is 0.805. The maximum absolute atomic E-state index is 5.95. The lowest BCUT2D eigenvalue weighted by molar-refractivity contribution is 0.719. The van der Waals surface area contributed by atoms with E-state index in [9.17, 15) is 0 Å². The third kappa shape index (κ3) is 2.44. The molecule has 2 N–H and O–H groups in total. The molecule has 3 aromatic heterocycles.